The number of fused-ring (bicyclic) bond motifs is 4. The molecule has 7 nitrogen and oxygen atoms in total. The maximum atomic E-state index is 14.1. The molecule has 6 rings (SSSR count). The van der Waals surface area contributed by atoms with Gasteiger partial charge < -0.3 is 9.84 Å². The molecule has 8 heteroatoms. The Labute approximate surface area is 252 Å². The molecule has 0 bridgehead atoms. The minimum Gasteiger partial charge on any atom is -0.491 e. The first-order valence-electron chi connectivity index (χ1n) is 14.0. The van der Waals surface area contributed by atoms with Crippen molar-refractivity contribution in [1.29, 1.82) is 0 Å². The summed E-state index contributed by atoms with van der Waals surface area (Å²) in [6.45, 7) is 5.42. The molecule has 0 spiro atoms. The topological polar surface area (TPSA) is 101 Å². The van der Waals surface area contributed by atoms with Crippen LogP contribution in [0.5, 0.6) is 5.75 Å². The molecule has 2 aromatic carbocycles. The molecule has 0 aromatic heterocycles. The predicted molar refractivity (Wildman–Crippen MR) is 161 cm³/mol. The van der Waals surface area contributed by atoms with Gasteiger partial charge in [-0.15, -0.1) is 0 Å². The van der Waals surface area contributed by atoms with E-state index in [1.54, 1.807) is 26.0 Å². The molecule has 41 heavy (non-hydrogen) atoms. The molecule has 1 heterocycles. The summed E-state index contributed by atoms with van der Waals surface area (Å²) < 4.78 is 6.58. The molecule has 1 N–H and O–H groups in total. The summed E-state index contributed by atoms with van der Waals surface area (Å²) in [6.07, 6.45) is 2.83. The minimum atomic E-state index is -1.02. The van der Waals surface area contributed by atoms with Gasteiger partial charge in [-0.3, -0.25) is 24.1 Å². The molecule has 1 saturated carbocycles. The van der Waals surface area contributed by atoms with Gasteiger partial charge in [-0.05, 0) is 108 Å². The van der Waals surface area contributed by atoms with E-state index in [4.69, 9.17) is 9.84 Å². The number of ether oxygens (including phenoxy) is 1. The number of anilines is 1. The van der Waals surface area contributed by atoms with E-state index in [1.807, 2.05) is 43.3 Å². The van der Waals surface area contributed by atoms with Crippen LogP contribution < -0.4 is 9.64 Å². The fourth-order valence-corrected chi connectivity index (χ4v) is 8.08. The molecule has 1 aliphatic heterocycles. The van der Waals surface area contributed by atoms with E-state index in [-0.39, 0.29) is 42.5 Å². The number of Topliss-reactive ketones (excluding diaryl/α,β-unsaturated/α-hetero) is 2. The molecule has 0 unspecified atom stereocenters. The second kappa shape index (κ2) is 10.3. The van der Waals surface area contributed by atoms with Crippen LogP contribution in [0.15, 0.2) is 71.3 Å². The van der Waals surface area contributed by atoms with E-state index >= 15 is 0 Å². The summed E-state index contributed by atoms with van der Waals surface area (Å²) >= 11 is 2.19. The summed E-state index contributed by atoms with van der Waals surface area (Å²) in [4.78, 5) is 57.0. The van der Waals surface area contributed by atoms with Crippen LogP contribution in [0, 0.1) is 32.7 Å². The highest BCUT2D eigenvalue weighted by Gasteiger charge is 2.64. The Morgan fingerprint density at radius 1 is 0.951 bits per heavy atom. The van der Waals surface area contributed by atoms with E-state index < -0.39 is 29.1 Å². The Balaban J connectivity index is 1.46. The molecular weight excluding hydrogens is 633 g/mol. The van der Waals surface area contributed by atoms with Gasteiger partial charge in [0.15, 0.2) is 11.6 Å². The quantitative estimate of drug-likeness (QED) is 0.274. The largest absolute Gasteiger partial charge is 0.491 e. The Kier molecular flexibility index (Phi) is 7.05. The van der Waals surface area contributed by atoms with Gasteiger partial charge in [0.1, 0.15) is 12.4 Å². The molecule has 2 amide bonds. The molecular formula is C33H32INO6. The van der Waals surface area contributed by atoms with Crippen LogP contribution in [0.2, 0.25) is 0 Å². The summed E-state index contributed by atoms with van der Waals surface area (Å²) in [7, 11) is 0. The number of nitrogens with zero attached hydrogens (tertiary/aromatic N) is 1. The van der Waals surface area contributed by atoms with Gasteiger partial charge in [-0.1, -0.05) is 30.7 Å². The number of ketones is 2. The zero-order valence-electron chi connectivity index (χ0n) is 23.2. The third-order valence-corrected chi connectivity index (χ3v) is 10.5. The summed E-state index contributed by atoms with van der Waals surface area (Å²) in [5.74, 6) is -2.40. The van der Waals surface area contributed by atoms with Gasteiger partial charge in [0.25, 0.3) is 0 Å². The number of benzene rings is 2. The highest BCUT2D eigenvalue weighted by molar-refractivity contribution is 14.1. The smallest absolute Gasteiger partial charge is 0.238 e. The number of aliphatic hydroxyl groups excluding tert-OH is 1. The normalized spacial score (nSPS) is 31.1. The lowest BCUT2D eigenvalue weighted by Crippen LogP contribution is -2.55. The molecule has 2 fully saturated rings. The van der Waals surface area contributed by atoms with Crippen molar-refractivity contribution in [3.8, 4) is 5.75 Å². The van der Waals surface area contributed by atoms with Crippen molar-refractivity contribution in [2.45, 2.75) is 39.5 Å². The van der Waals surface area contributed by atoms with Crippen molar-refractivity contribution >= 4 is 51.7 Å². The molecule has 212 valence electrons. The number of carbonyl (C=O) groups excluding carboxylic acids is 4. The Hall–Kier alpha value is -3.11. The first kappa shape index (κ1) is 28.0. The molecule has 4 aliphatic rings. The van der Waals surface area contributed by atoms with Gasteiger partial charge in [0, 0.05) is 15.4 Å². The lowest BCUT2D eigenvalue weighted by molar-refractivity contribution is -0.142. The highest BCUT2D eigenvalue weighted by atomic mass is 127. The zero-order chi connectivity index (χ0) is 29.2. The number of halogens is 1. The molecule has 6 atom stereocenters. The first-order valence-corrected chi connectivity index (χ1v) is 15.1. The SMILES string of the molecule is CC1=C(C)C(=O)[C@@]2(C)[C@@H](c3ccc(OCCO)cc3)C3=CC[C@@H]4C(=O)N(c5ccc(I)cc5)C(=O)[C@@H]4[C@@H]3C[C@H]2C1=O. The molecule has 3 aliphatic carbocycles. The van der Waals surface area contributed by atoms with Gasteiger partial charge in [0.2, 0.25) is 11.8 Å². The van der Waals surface area contributed by atoms with Crippen molar-refractivity contribution in [3.05, 3.63) is 80.5 Å². The third-order valence-electron chi connectivity index (χ3n) is 9.83. The maximum Gasteiger partial charge on any atom is 0.238 e. The van der Waals surface area contributed by atoms with Crippen molar-refractivity contribution in [2.75, 3.05) is 18.1 Å². The van der Waals surface area contributed by atoms with Crippen LogP contribution >= 0.6 is 22.6 Å². The van der Waals surface area contributed by atoms with Crippen LogP contribution in [-0.4, -0.2) is 41.7 Å². The lowest BCUT2D eigenvalue weighted by atomic mass is 9.46. The number of hydrogen-bond acceptors (Lipinski definition) is 6. The fourth-order valence-electron chi connectivity index (χ4n) is 7.72. The average molecular weight is 666 g/mol. The summed E-state index contributed by atoms with van der Waals surface area (Å²) in [5.41, 5.74) is 2.34. The monoisotopic (exact) mass is 665 g/mol. The lowest BCUT2D eigenvalue weighted by Gasteiger charge is -2.54. The van der Waals surface area contributed by atoms with Crippen LogP contribution in [0.3, 0.4) is 0 Å². The van der Waals surface area contributed by atoms with Gasteiger partial charge in [-0.25, -0.2) is 0 Å². The fraction of sp³-hybridized carbons (Fsp3) is 0.394. The Bertz CT molecular complexity index is 1520. The van der Waals surface area contributed by atoms with E-state index in [2.05, 4.69) is 28.7 Å². The van der Waals surface area contributed by atoms with Gasteiger partial charge in [0.05, 0.1) is 29.5 Å². The summed E-state index contributed by atoms with van der Waals surface area (Å²) in [5, 5.41) is 9.14. The van der Waals surface area contributed by atoms with E-state index in [1.165, 1.54) is 4.90 Å². The van der Waals surface area contributed by atoms with Crippen molar-refractivity contribution < 1.29 is 29.0 Å². The third kappa shape index (κ3) is 4.16. The number of allylic oxidation sites excluding steroid dienone is 4. The van der Waals surface area contributed by atoms with Crippen LogP contribution in [-0.2, 0) is 19.2 Å². The molecule has 1 saturated heterocycles. The average Bonchev–Trinajstić information content (AvgIpc) is 3.23. The number of hydrogen-bond donors (Lipinski definition) is 1. The second-order valence-electron chi connectivity index (χ2n) is 11.8. The molecule has 0 radical (unpaired) electrons. The highest BCUT2D eigenvalue weighted by Crippen LogP contribution is 2.63. The van der Waals surface area contributed by atoms with E-state index in [0.717, 1.165) is 14.7 Å². The van der Waals surface area contributed by atoms with Gasteiger partial charge >= 0.3 is 0 Å². The predicted octanol–water partition coefficient (Wildman–Crippen LogP) is 5.01. The van der Waals surface area contributed by atoms with Crippen LogP contribution in [0.25, 0.3) is 0 Å². The number of amides is 2. The van der Waals surface area contributed by atoms with Crippen molar-refractivity contribution in [2.24, 2.45) is 29.1 Å². The molecule has 2 aromatic rings. The standard InChI is InChI=1S/C33H32INO6/c1-17-18(2)30(38)33(3)26(29(17)37)16-25-23(28(33)19-4-10-22(11-5-19)41-15-14-36)12-13-24-27(25)32(40)35(31(24)39)21-8-6-20(34)7-9-21/h4-12,24-28,36H,13-16H2,1-3H3/t24-,25+,26-,27-,28-,33+/m0/s1. The first-order chi connectivity index (χ1) is 19.6. The Morgan fingerprint density at radius 2 is 1.63 bits per heavy atom. The van der Waals surface area contributed by atoms with Crippen molar-refractivity contribution in [1.82, 2.24) is 0 Å². The minimum absolute atomic E-state index is 0.0407. The van der Waals surface area contributed by atoms with Crippen LogP contribution in [0.4, 0.5) is 5.69 Å². The number of rotatable bonds is 5. The van der Waals surface area contributed by atoms with Crippen molar-refractivity contribution in [3.63, 3.8) is 0 Å². The second-order valence-corrected chi connectivity index (χ2v) is 13.0. The number of carbonyl (C=O) groups is 4. The number of imide groups is 1. The van der Waals surface area contributed by atoms with E-state index in [0.29, 0.717) is 35.4 Å². The number of aliphatic hydroxyl groups is 1. The van der Waals surface area contributed by atoms with Crippen LogP contribution in [0.1, 0.15) is 45.1 Å². The summed E-state index contributed by atoms with van der Waals surface area (Å²) in [6, 6.07) is 14.8. The maximum absolute atomic E-state index is 14.1. The van der Waals surface area contributed by atoms with E-state index in [9.17, 15) is 19.2 Å². The Morgan fingerprint density at radius 3 is 2.29 bits per heavy atom. The zero-order valence-corrected chi connectivity index (χ0v) is 25.4. The van der Waals surface area contributed by atoms with Gasteiger partial charge in [-0.2, -0.15) is 0 Å².